The molecule has 1 aliphatic rings. The van der Waals surface area contributed by atoms with E-state index in [-0.39, 0.29) is 0 Å². The number of hydrogen-bond donors (Lipinski definition) is 1. The molecule has 0 saturated heterocycles. The highest BCUT2D eigenvalue weighted by molar-refractivity contribution is 8.18. The van der Waals surface area contributed by atoms with Gasteiger partial charge in [0.15, 0.2) is 0 Å². The zero-order valence-electron chi connectivity index (χ0n) is 9.14. The number of nitrogens with zero attached hydrogens (tertiary/aromatic N) is 1. The zero-order chi connectivity index (χ0) is 11.6. The van der Waals surface area contributed by atoms with Gasteiger partial charge in [-0.3, -0.25) is 0 Å². The average Bonchev–Trinajstić information content (AvgIpc) is 2.37. The summed E-state index contributed by atoms with van der Waals surface area (Å²) in [7, 11) is 1.64. The molecule has 0 bridgehead atoms. The molecule has 5 heteroatoms. The van der Waals surface area contributed by atoms with Gasteiger partial charge in [0.1, 0.15) is 5.71 Å². The molecule has 0 fully saturated rings. The fourth-order valence-corrected chi connectivity index (χ4v) is 3.95. The maximum Gasteiger partial charge on any atom is 0.207 e. The SMILES string of the molecule is CO[C@@]1(SC)SCc2ccccc2/C1=N\O. The predicted molar refractivity (Wildman–Crippen MR) is 69.3 cm³/mol. The Morgan fingerprint density at radius 2 is 2.25 bits per heavy atom. The van der Waals surface area contributed by atoms with Gasteiger partial charge in [-0.2, -0.15) is 0 Å². The molecule has 1 N–H and O–H groups in total. The van der Waals surface area contributed by atoms with E-state index in [0.717, 1.165) is 11.3 Å². The maximum absolute atomic E-state index is 9.22. The lowest BCUT2D eigenvalue weighted by Gasteiger charge is -2.34. The van der Waals surface area contributed by atoms with E-state index in [9.17, 15) is 5.21 Å². The lowest BCUT2D eigenvalue weighted by Crippen LogP contribution is -2.37. The number of benzene rings is 1. The molecule has 0 spiro atoms. The molecule has 16 heavy (non-hydrogen) atoms. The van der Waals surface area contributed by atoms with E-state index < -0.39 is 4.27 Å². The van der Waals surface area contributed by atoms with Gasteiger partial charge in [0.05, 0.1) is 0 Å². The Kier molecular flexibility index (Phi) is 3.47. The van der Waals surface area contributed by atoms with Crippen molar-refractivity contribution in [1.82, 2.24) is 0 Å². The van der Waals surface area contributed by atoms with Gasteiger partial charge < -0.3 is 9.94 Å². The second-order valence-corrected chi connectivity index (χ2v) is 5.75. The van der Waals surface area contributed by atoms with Gasteiger partial charge in [-0.05, 0) is 11.8 Å². The summed E-state index contributed by atoms with van der Waals surface area (Å²) < 4.78 is 4.93. The molecule has 1 aromatic rings. The van der Waals surface area contributed by atoms with Gasteiger partial charge in [0.2, 0.25) is 4.27 Å². The molecule has 0 amide bonds. The number of methoxy groups -OCH3 is 1. The van der Waals surface area contributed by atoms with Gasteiger partial charge in [-0.15, -0.1) is 23.5 Å². The third-order valence-electron chi connectivity index (χ3n) is 2.62. The van der Waals surface area contributed by atoms with Crippen molar-refractivity contribution < 1.29 is 9.94 Å². The van der Waals surface area contributed by atoms with Crippen LogP contribution in [-0.2, 0) is 10.5 Å². The highest BCUT2D eigenvalue weighted by Gasteiger charge is 2.41. The molecule has 1 heterocycles. The fourth-order valence-electron chi connectivity index (χ4n) is 1.79. The van der Waals surface area contributed by atoms with Crippen molar-refractivity contribution >= 4 is 29.2 Å². The van der Waals surface area contributed by atoms with Crippen LogP contribution >= 0.6 is 23.5 Å². The predicted octanol–water partition coefficient (Wildman–Crippen LogP) is 2.77. The Labute approximate surface area is 103 Å². The lowest BCUT2D eigenvalue weighted by atomic mass is 10.0. The molecule has 2 rings (SSSR count). The maximum atomic E-state index is 9.22. The molecule has 0 saturated carbocycles. The minimum absolute atomic E-state index is 0.592. The smallest absolute Gasteiger partial charge is 0.207 e. The summed E-state index contributed by atoms with van der Waals surface area (Å²) in [5.74, 6) is 0.865. The van der Waals surface area contributed by atoms with Crippen LogP contribution in [0.4, 0.5) is 0 Å². The summed E-state index contributed by atoms with van der Waals surface area (Å²) in [6, 6.07) is 7.95. The molecule has 86 valence electrons. The summed E-state index contributed by atoms with van der Waals surface area (Å²) in [5.41, 5.74) is 2.75. The van der Waals surface area contributed by atoms with Crippen LogP contribution in [0.5, 0.6) is 0 Å². The van der Waals surface area contributed by atoms with E-state index in [1.165, 1.54) is 17.3 Å². The van der Waals surface area contributed by atoms with Crippen molar-refractivity contribution in [2.24, 2.45) is 5.16 Å². The Bertz CT molecular complexity index is 416. The first-order chi connectivity index (χ1) is 7.77. The van der Waals surface area contributed by atoms with Crippen molar-refractivity contribution in [2.75, 3.05) is 13.4 Å². The number of rotatable bonds is 2. The van der Waals surface area contributed by atoms with Crippen LogP contribution < -0.4 is 0 Å². The van der Waals surface area contributed by atoms with Gasteiger partial charge in [-0.25, -0.2) is 0 Å². The largest absolute Gasteiger partial charge is 0.410 e. The molecule has 0 radical (unpaired) electrons. The number of ether oxygens (including phenoxy) is 1. The average molecular weight is 255 g/mol. The van der Waals surface area contributed by atoms with Crippen LogP contribution in [0.15, 0.2) is 29.4 Å². The first kappa shape index (κ1) is 11.8. The van der Waals surface area contributed by atoms with E-state index in [4.69, 9.17) is 4.74 Å². The molecule has 1 atom stereocenters. The van der Waals surface area contributed by atoms with Gasteiger partial charge >= 0.3 is 0 Å². The minimum atomic E-state index is -0.594. The highest BCUT2D eigenvalue weighted by atomic mass is 32.2. The minimum Gasteiger partial charge on any atom is -0.410 e. The molecular formula is C11H13NO2S2. The summed E-state index contributed by atoms with van der Waals surface area (Å²) >= 11 is 3.18. The molecule has 1 aliphatic heterocycles. The Morgan fingerprint density at radius 1 is 1.50 bits per heavy atom. The van der Waals surface area contributed by atoms with E-state index in [2.05, 4.69) is 5.16 Å². The van der Waals surface area contributed by atoms with E-state index in [1.807, 2.05) is 30.5 Å². The lowest BCUT2D eigenvalue weighted by molar-refractivity contribution is 0.190. The first-order valence-corrected chi connectivity index (χ1v) is 7.03. The van der Waals surface area contributed by atoms with E-state index in [1.54, 1.807) is 18.9 Å². The first-order valence-electron chi connectivity index (χ1n) is 4.82. The Morgan fingerprint density at radius 3 is 2.88 bits per heavy atom. The van der Waals surface area contributed by atoms with Crippen LogP contribution in [0.3, 0.4) is 0 Å². The molecular weight excluding hydrogens is 242 g/mol. The van der Waals surface area contributed by atoms with Crippen molar-refractivity contribution in [3.63, 3.8) is 0 Å². The van der Waals surface area contributed by atoms with Crippen LogP contribution in [0, 0.1) is 0 Å². The van der Waals surface area contributed by atoms with Crippen LogP contribution in [0.2, 0.25) is 0 Å². The number of oxime groups is 1. The van der Waals surface area contributed by atoms with E-state index >= 15 is 0 Å². The second-order valence-electron chi connectivity index (χ2n) is 3.36. The van der Waals surface area contributed by atoms with E-state index in [0.29, 0.717) is 5.71 Å². The van der Waals surface area contributed by atoms with Crippen LogP contribution in [0.25, 0.3) is 0 Å². The van der Waals surface area contributed by atoms with Crippen molar-refractivity contribution in [3.05, 3.63) is 35.4 Å². The fraction of sp³-hybridized carbons (Fsp3) is 0.364. The normalized spacial score (nSPS) is 26.8. The summed E-state index contributed by atoms with van der Waals surface area (Å²) in [6.45, 7) is 0. The Hall–Kier alpha value is -0.650. The monoisotopic (exact) mass is 255 g/mol. The number of hydrogen-bond acceptors (Lipinski definition) is 5. The Balaban J connectivity index is 2.53. The van der Waals surface area contributed by atoms with Crippen molar-refractivity contribution in [3.8, 4) is 0 Å². The molecule has 3 nitrogen and oxygen atoms in total. The second kappa shape index (κ2) is 4.69. The molecule has 0 aliphatic carbocycles. The number of thioether (sulfide) groups is 2. The topological polar surface area (TPSA) is 41.8 Å². The summed E-state index contributed by atoms with van der Waals surface area (Å²) in [4.78, 5) is 0. The van der Waals surface area contributed by atoms with Crippen molar-refractivity contribution in [2.45, 2.75) is 10.0 Å². The third kappa shape index (κ3) is 1.73. The molecule has 0 unspecified atom stereocenters. The third-order valence-corrected chi connectivity index (χ3v) is 5.56. The quantitative estimate of drug-likeness (QED) is 0.501. The van der Waals surface area contributed by atoms with Crippen LogP contribution in [0.1, 0.15) is 11.1 Å². The summed E-state index contributed by atoms with van der Waals surface area (Å²) in [6.07, 6.45) is 1.95. The highest BCUT2D eigenvalue weighted by Crippen LogP contribution is 2.45. The summed E-state index contributed by atoms with van der Waals surface area (Å²) in [5, 5.41) is 12.7. The molecule has 1 aromatic carbocycles. The van der Waals surface area contributed by atoms with Gasteiger partial charge in [0.25, 0.3) is 0 Å². The van der Waals surface area contributed by atoms with Crippen molar-refractivity contribution in [1.29, 1.82) is 0 Å². The van der Waals surface area contributed by atoms with Gasteiger partial charge in [-0.1, -0.05) is 29.4 Å². The zero-order valence-corrected chi connectivity index (χ0v) is 10.8. The van der Waals surface area contributed by atoms with Crippen LogP contribution in [-0.4, -0.2) is 28.5 Å². The van der Waals surface area contributed by atoms with Gasteiger partial charge in [0, 0.05) is 18.4 Å². The standard InChI is InChI=1S/C11H13NO2S2/c1-14-11(15-2)10(12-13)9-6-4-3-5-8(9)7-16-11/h3-6,13H,7H2,1-2H3/b12-10+/t11-/m0/s1. The number of fused-ring (bicyclic) bond motifs is 1. The molecule has 0 aromatic heterocycles.